The molecule has 0 spiro atoms. The summed E-state index contributed by atoms with van der Waals surface area (Å²) in [4.78, 5) is 8.31. The van der Waals surface area contributed by atoms with Crippen LogP contribution in [0.1, 0.15) is 12.5 Å². The Bertz CT molecular complexity index is 1450. The zero-order valence-corrected chi connectivity index (χ0v) is 17.1. The van der Waals surface area contributed by atoms with Gasteiger partial charge in [0.05, 0.1) is 12.3 Å². The van der Waals surface area contributed by atoms with E-state index in [0.717, 1.165) is 34.5 Å². The van der Waals surface area contributed by atoms with Crippen molar-refractivity contribution in [2.75, 3.05) is 0 Å². The van der Waals surface area contributed by atoms with E-state index in [1.54, 1.807) is 0 Å². The van der Waals surface area contributed by atoms with Crippen LogP contribution in [0.2, 0.25) is 0 Å². The van der Waals surface area contributed by atoms with Gasteiger partial charge >= 0.3 is 0 Å². The first-order valence-electron chi connectivity index (χ1n) is 10.2. The van der Waals surface area contributed by atoms with Gasteiger partial charge in [0.15, 0.2) is 5.69 Å². The maximum absolute atomic E-state index is 7.25. The molecule has 144 valence electrons. The second-order valence-corrected chi connectivity index (χ2v) is 7.54. The molecular weight excluding hydrogens is 366 g/mol. The lowest BCUT2D eigenvalue weighted by Gasteiger charge is -2.09. The number of aromatic nitrogens is 2. The smallest absolute Gasteiger partial charge is 0.187 e. The largest absolute Gasteiger partial charge is 0.341 e. The van der Waals surface area contributed by atoms with Gasteiger partial charge in [-0.15, -0.1) is 0 Å². The van der Waals surface area contributed by atoms with Crippen molar-refractivity contribution in [3.8, 4) is 22.4 Å². The molecule has 30 heavy (non-hydrogen) atoms. The van der Waals surface area contributed by atoms with Crippen LogP contribution in [0.3, 0.4) is 0 Å². The van der Waals surface area contributed by atoms with E-state index >= 15 is 0 Å². The molecule has 0 aliphatic rings. The zero-order valence-electron chi connectivity index (χ0n) is 17.1. The van der Waals surface area contributed by atoms with Crippen LogP contribution in [0, 0.1) is 13.5 Å². The first kappa shape index (κ1) is 18.1. The van der Waals surface area contributed by atoms with E-state index in [1.165, 1.54) is 21.8 Å². The van der Waals surface area contributed by atoms with Crippen LogP contribution < -0.4 is 0 Å². The maximum Gasteiger partial charge on any atom is 0.187 e. The Labute approximate surface area is 176 Å². The van der Waals surface area contributed by atoms with Crippen molar-refractivity contribution in [2.45, 2.75) is 20.4 Å². The molecule has 5 rings (SSSR count). The van der Waals surface area contributed by atoms with E-state index in [2.05, 4.69) is 71.8 Å². The second kappa shape index (κ2) is 7.17. The number of hydrogen-bond acceptors (Lipinski definition) is 1. The van der Waals surface area contributed by atoms with Crippen LogP contribution in [0.15, 0.2) is 79.0 Å². The fourth-order valence-electron chi connectivity index (χ4n) is 4.31. The monoisotopic (exact) mass is 387 g/mol. The minimum absolute atomic E-state index is 0.647. The maximum atomic E-state index is 7.25. The van der Waals surface area contributed by atoms with E-state index in [0.29, 0.717) is 5.69 Å². The van der Waals surface area contributed by atoms with Crippen molar-refractivity contribution in [1.29, 1.82) is 0 Å². The topological polar surface area (TPSA) is 22.2 Å². The highest BCUT2D eigenvalue weighted by Crippen LogP contribution is 2.33. The normalized spacial score (nSPS) is 11.1. The number of benzene rings is 3. The number of nitrogens with zero attached hydrogens (tertiary/aromatic N) is 3. The lowest BCUT2D eigenvalue weighted by atomic mass is 9.99. The van der Waals surface area contributed by atoms with Crippen molar-refractivity contribution < 1.29 is 0 Å². The molecule has 5 aromatic rings. The molecular formula is C27H21N3. The van der Waals surface area contributed by atoms with Gasteiger partial charge in [-0.25, -0.2) is 4.85 Å². The SMILES string of the molecule is [C-]#[N+]c1cccc(-c2cnc(-c3ccc4c(c3)c3ccccc3n4CC)cc2C)c1. The summed E-state index contributed by atoms with van der Waals surface area (Å²) < 4.78 is 2.36. The third-order valence-corrected chi connectivity index (χ3v) is 5.78. The molecule has 0 unspecified atom stereocenters. The Kier molecular flexibility index (Phi) is 4.34. The minimum Gasteiger partial charge on any atom is -0.341 e. The molecule has 0 saturated carbocycles. The molecule has 0 radical (unpaired) electrons. The van der Waals surface area contributed by atoms with E-state index in [4.69, 9.17) is 11.6 Å². The van der Waals surface area contributed by atoms with Gasteiger partial charge < -0.3 is 4.57 Å². The summed E-state index contributed by atoms with van der Waals surface area (Å²) in [5.74, 6) is 0. The van der Waals surface area contributed by atoms with Gasteiger partial charge in [0.2, 0.25) is 0 Å². The van der Waals surface area contributed by atoms with Gasteiger partial charge in [-0.1, -0.05) is 42.5 Å². The summed E-state index contributed by atoms with van der Waals surface area (Å²) in [6.45, 7) is 12.5. The average Bonchev–Trinajstić information content (AvgIpc) is 3.12. The summed E-state index contributed by atoms with van der Waals surface area (Å²) in [6.07, 6.45) is 1.92. The lowest BCUT2D eigenvalue weighted by molar-refractivity contribution is 0.827. The van der Waals surface area contributed by atoms with Crippen LogP contribution in [0.4, 0.5) is 5.69 Å². The predicted octanol–water partition coefficient (Wildman–Crippen LogP) is 7.40. The molecule has 3 nitrogen and oxygen atoms in total. The Morgan fingerprint density at radius 1 is 0.867 bits per heavy atom. The molecule has 0 N–H and O–H groups in total. The standard InChI is InChI=1S/C27H21N3/c1-4-30-26-11-6-5-10-22(26)23-16-20(12-13-27(23)30)25-14-18(2)24(17-29-25)19-8-7-9-21(15-19)28-3/h5-17H,4H2,1-2H3. The van der Waals surface area contributed by atoms with Crippen molar-refractivity contribution in [3.05, 3.63) is 96.0 Å². The molecule has 0 aliphatic heterocycles. The Balaban J connectivity index is 1.63. The Morgan fingerprint density at radius 3 is 2.50 bits per heavy atom. The summed E-state index contributed by atoms with van der Waals surface area (Å²) in [7, 11) is 0. The number of aryl methyl sites for hydroxylation is 2. The van der Waals surface area contributed by atoms with Crippen molar-refractivity contribution in [1.82, 2.24) is 9.55 Å². The van der Waals surface area contributed by atoms with E-state index in [1.807, 2.05) is 30.5 Å². The highest BCUT2D eigenvalue weighted by Gasteiger charge is 2.12. The molecule has 0 amide bonds. The van der Waals surface area contributed by atoms with Crippen LogP contribution in [0.25, 0.3) is 49.0 Å². The van der Waals surface area contributed by atoms with Crippen LogP contribution in [-0.4, -0.2) is 9.55 Å². The van der Waals surface area contributed by atoms with Crippen LogP contribution in [-0.2, 0) is 6.54 Å². The summed E-state index contributed by atoms with van der Waals surface area (Å²) in [5, 5.41) is 2.54. The number of hydrogen-bond donors (Lipinski definition) is 0. The summed E-state index contributed by atoms with van der Waals surface area (Å²) in [6, 6.07) is 25.0. The van der Waals surface area contributed by atoms with Crippen molar-refractivity contribution in [2.24, 2.45) is 0 Å². The fourth-order valence-corrected chi connectivity index (χ4v) is 4.31. The Morgan fingerprint density at radius 2 is 1.70 bits per heavy atom. The van der Waals surface area contributed by atoms with E-state index in [-0.39, 0.29) is 0 Å². The molecule has 3 aromatic carbocycles. The van der Waals surface area contributed by atoms with Crippen LogP contribution in [0.5, 0.6) is 0 Å². The van der Waals surface area contributed by atoms with Gasteiger partial charge in [-0.3, -0.25) is 4.98 Å². The predicted molar refractivity (Wildman–Crippen MR) is 125 cm³/mol. The van der Waals surface area contributed by atoms with Gasteiger partial charge in [0.1, 0.15) is 0 Å². The quantitative estimate of drug-likeness (QED) is 0.296. The van der Waals surface area contributed by atoms with Gasteiger partial charge in [0.25, 0.3) is 0 Å². The van der Waals surface area contributed by atoms with Gasteiger partial charge in [-0.2, -0.15) is 0 Å². The minimum atomic E-state index is 0.647. The van der Waals surface area contributed by atoms with Crippen molar-refractivity contribution in [3.63, 3.8) is 0 Å². The van der Waals surface area contributed by atoms with Crippen molar-refractivity contribution >= 4 is 27.5 Å². The third-order valence-electron chi connectivity index (χ3n) is 5.78. The van der Waals surface area contributed by atoms with Gasteiger partial charge in [-0.05, 0) is 55.3 Å². The molecule has 0 atom stereocenters. The number of fused-ring (bicyclic) bond motifs is 3. The van der Waals surface area contributed by atoms with E-state index < -0.39 is 0 Å². The molecule has 2 heterocycles. The molecule has 3 heteroatoms. The number of pyridine rings is 1. The molecule has 2 aromatic heterocycles. The second-order valence-electron chi connectivity index (χ2n) is 7.54. The molecule has 0 bridgehead atoms. The highest BCUT2D eigenvalue weighted by molar-refractivity contribution is 6.09. The van der Waals surface area contributed by atoms with Gasteiger partial charge in [0, 0.05) is 45.7 Å². The third kappa shape index (κ3) is 2.86. The number of rotatable bonds is 3. The summed E-state index contributed by atoms with van der Waals surface area (Å²) >= 11 is 0. The molecule has 0 fully saturated rings. The fraction of sp³-hybridized carbons (Fsp3) is 0.111. The van der Waals surface area contributed by atoms with Crippen LogP contribution >= 0.6 is 0 Å². The molecule has 0 aliphatic carbocycles. The average molecular weight is 387 g/mol. The highest BCUT2D eigenvalue weighted by atomic mass is 15.0. The zero-order chi connectivity index (χ0) is 20.7. The lowest BCUT2D eigenvalue weighted by Crippen LogP contribution is -1.93. The number of para-hydroxylation sites is 1. The first-order valence-corrected chi connectivity index (χ1v) is 10.2. The van der Waals surface area contributed by atoms with E-state index in [9.17, 15) is 0 Å². The Hall–Kier alpha value is -3.90. The molecule has 0 saturated heterocycles. The first-order chi connectivity index (χ1) is 14.7. The summed E-state index contributed by atoms with van der Waals surface area (Å²) in [5.41, 5.74) is 8.50.